The molecule has 1 aliphatic heterocycles. The highest BCUT2D eigenvalue weighted by Gasteiger charge is 2.18. The number of nitrogens with two attached hydrogens (primary N) is 1. The van der Waals surface area contributed by atoms with Crippen molar-refractivity contribution < 1.29 is 4.74 Å². The summed E-state index contributed by atoms with van der Waals surface area (Å²) in [6, 6.07) is 3.88. The van der Waals surface area contributed by atoms with Gasteiger partial charge in [-0.1, -0.05) is 0 Å². The summed E-state index contributed by atoms with van der Waals surface area (Å²) in [6.45, 7) is 1.67. The molecule has 100 valence electrons. The first-order valence-corrected chi connectivity index (χ1v) is 7.13. The van der Waals surface area contributed by atoms with Crippen molar-refractivity contribution in [1.82, 2.24) is 9.36 Å². The molecule has 0 saturated carbocycles. The van der Waals surface area contributed by atoms with E-state index in [1.807, 2.05) is 12.1 Å². The van der Waals surface area contributed by atoms with Crippen LogP contribution in [0.2, 0.25) is 0 Å². The van der Waals surface area contributed by atoms with Crippen molar-refractivity contribution in [3.63, 3.8) is 0 Å². The lowest BCUT2D eigenvalue weighted by Crippen LogP contribution is -2.18. The molecule has 1 unspecified atom stereocenters. The van der Waals surface area contributed by atoms with Crippen LogP contribution in [0.3, 0.4) is 0 Å². The number of ether oxygens (including phenoxy) is 1. The van der Waals surface area contributed by atoms with Gasteiger partial charge in [0.2, 0.25) is 0 Å². The molecule has 2 aromatic heterocycles. The molecule has 0 aliphatic carbocycles. The molecule has 19 heavy (non-hydrogen) atoms. The van der Waals surface area contributed by atoms with Gasteiger partial charge in [0, 0.05) is 25.5 Å². The molecule has 3 N–H and O–H groups in total. The summed E-state index contributed by atoms with van der Waals surface area (Å²) in [6.07, 6.45) is 6.08. The Balaban J connectivity index is 1.78. The topological polar surface area (TPSA) is 73.1 Å². The van der Waals surface area contributed by atoms with E-state index in [2.05, 4.69) is 14.7 Å². The van der Waals surface area contributed by atoms with Crippen LogP contribution in [0, 0.1) is 0 Å². The first-order chi connectivity index (χ1) is 9.34. The maximum Gasteiger partial charge on any atom is 0.147 e. The van der Waals surface area contributed by atoms with Gasteiger partial charge in [0.05, 0.1) is 11.7 Å². The predicted molar refractivity (Wildman–Crippen MR) is 77.2 cm³/mol. The number of anilines is 2. The Morgan fingerprint density at radius 3 is 3.00 bits per heavy atom. The molecule has 0 bridgehead atoms. The third-order valence-electron chi connectivity index (χ3n) is 3.20. The largest absolute Gasteiger partial charge is 0.382 e. The molecule has 2 aromatic rings. The van der Waals surface area contributed by atoms with Gasteiger partial charge in [-0.05, 0) is 42.1 Å². The Bertz CT molecular complexity index is 537. The quantitative estimate of drug-likeness (QED) is 0.897. The first-order valence-electron chi connectivity index (χ1n) is 6.35. The van der Waals surface area contributed by atoms with Gasteiger partial charge in [0.25, 0.3) is 0 Å². The Hall–Kier alpha value is -1.66. The van der Waals surface area contributed by atoms with Crippen molar-refractivity contribution in [2.24, 2.45) is 0 Å². The summed E-state index contributed by atoms with van der Waals surface area (Å²) in [7, 11) is 0. The fraction of sp³-hybridized carbons (Fsp3) is 0.385. The van der Waals surface area contributed by atoms with Crippen LogP contribution in [0.5, 0.6) is 0 Å². The lowest BCUT2D eigenvalue weighted by molar-refractivity contribution is 0.120. The molecule has 3 rings (SSSR count). The van der Waals surface area contributed by atoms with Crippen LogP contribution in [0.1, 0.15) is 12.8 Å². The third-order valence-corrected chi connectivity index (χ3v) is 4.02. The lowest BCUT2D eigenvalue weighted by Gasteiger charge is -2.11. The van der Waals surface area contributed by atoms with Crippen LogP contribution < -0.4 is 11.1 Å². The van der Waals surface area contributed by atoms with Crippen LogP contribution in [-0.4, -0.2) is 28.6 Å². The van der Waals surface area contributed by atoms with Gasteiger partial charge in [-0.15, -0.1) is 0 Å². The zero-order chi connectivity index (χ0) is 13.1. The third kappa shape index (κ3) is 2.69. The van der Waals surface area contributed by atoms with E-state index >= 15 is 0 Å². The summed E-state index contributed by atoms with van der Waals surface area (Å²) >= 11 is 1.39. The molecular formula is C13H16N4OS. The van der Waals surface area contributed by atoms with Gasteiger partial charge < -0.3 is 15.8 Å². The minimum atomic E-state index is 0.300. The molecule has 0 amide bonds. The predicted octanol–water partition coefficient (Wildman–Crippen LogP) is 2.38. The van der Waals surface area contributed by atoms with Gasteiger partial charge in [0.15, 0.2) is 0 Å². The highest BCUT2D eigenvalue weighted by molar-refractivity contribution is 7.11. The number of hydrogen-bond acceptors (Lipinski definition) is 6. The van der Waals surface area contributed by atoms with Crippen LogP contribution in [0.4, 0.5) is 10.8 Å². The first kappa shape index (κ1) is 12.4. The van der Waals surface area contributed by atoms with Gasteiger partial charge in [-0.2, -0.15) is 4.37 Å². The fourth-order valence-electron chi connectivity index (χ4n) is 2.23. The summed E-state index contributed by atoms with van der Waals surface area (Å²) in [5, 5.41) is 4.40. The Morgan fingerprint density at radius 1 is 1.42 bits per heavy atom. The Morgan fingerprint density at radius 2 is 2.26 bits per heavy atom. The van der Waals surface area contributed by atoms with E-state index in [0.29, 0.717) is 11.9 Å². The zero-order valence-electron chi connectivity index (χ0n) is 10.5. The average molecular weight is 276 g/mol. The van der Waals surface area contributed by atoms with Crippen molar-refractivity contribution >= 4 is 22.4 Å². The summed E-state index contributed by atoms with van der Waals surface area (Å²) in [5.41, 5.74) is 7.97. The highest BCUT2D eigenvalue weighted by Crippen LogP contribution is 2.36. The number of aromatic nitrogens is 2. The van der Waals surface area contributed by atoms with Gasteiger partial charge in [0.1, 0.15) is 10.8 Å². The minimum absolute atomic E-state index is 0.300. The number of hydrogen-bond donors (Lipinski definition) is 2. The van der Waals surface area contributed by atoms with E-state index in [4.69, 9.17) is 10.5 Å². The van der Waals surface area contributed by atoms with Crippen molar-refractivity contribution in [1.29, 1.82) is 0 Å². The Kier molecular flexibility index (Phi) is 3.61. The SMILES string of the molecule is Nc1nsc(NCC2CCCO2)c1-c1ccncc1. The molecule has 1 aliphatic rings. The maximum absolute atomic E-state index is 5.96. The van der Waals surface area contributed by atoms with Gasteiger partial charge >= 0.3 is 0 Å². The smallest absolute Gasteiger partial charge is 0.147 e. The van der Waals surface area contributed by atoms with Crippen LogP contribution in [0.15, 0.2) is 24.5 Å². The zero-order valence-corrected chi connectivity index (χ0v) is 11.3. The number of nitrogen functional groups attached to an aromatic ring is 1. The highest BCUT2D eigenvalue weighted by atomic mass is 32.1. The second kappa shape index (κ2) is 5.54. The second-order valence-corrected chi connectivity index (χ2v) is 5.30. The van der Waals surface area contributed by atoms with Crippen LogP contribution in [0.25, 0.3) is 11.1 Å². The molecule has 1 fully saturated rings. The van der Waals surface area contributed by atoms with Gasteiger partial charge in [-0.25, -0.2) is 0 Å². The van der Waals surface area contributed by atoms with Gasteiger partial charge in [-0.3, -0.25) is 4.98 Å². The Labute approximate surface area is 116 Å². The molecule has 5 nitrogen and oxygen atoms in total. The van der Waals surface area contributed by atoms with Crippen molar-refractivity contribution in [3.05, 3.63) is 24.5 Å². The van der Waals surface area contributed by atoms with Crippen molar-refractivity contribution in [2.75, 3.05) is 24.2 Å². The number of pyridine rings is 1. The van der Waals surface area contributed by atoms with Crippen molar-refractivity contribution in [3.8, 4) is 11.1 Å². The minimum Gasteiger partial charge on any atom is -0.382 e. The molecule has 1 atom stereocenters. The van der Waals surface area contributed by atoms with Crippen molar-refractivity contribution in [2.45, 2.75) is 18.9 Å². The van der Waals surface area contributed by atoms with E-state index in [-0.39, 0.29) is 0 Å². The maximum atomic E-state index is 5.96. The number of rotatable bonds is 4. The number of nitrogens with zero attached hydrogens (tertiary/aromatic N) is 2. The molecular weight excluding hydrogens is 260 g/mol. The summed E-state index contributed by atoms with van der Waals surface area (Å²) < 4.78 is 9.84. The average Bonchev–Trinajstić information content (AvgIpc) is 3.07. The second-order valence-electron chi connectivity index (χ2n) is 4.52. The molecule has 6 heteroatoms. The molecule has 0 radical (unpaired) electrons. The normalized spacial score (nSPS) is 18.6. The summed E-state index contributed by atoms with van der Waals surface area (Å²) in [4.78, 5) is 4.03. The van der Waals surface area contributed by atoms with E-state index in [9.17, 15) is 0 Å². The monoisotopic (exact) mass is 276 g/mol. The molecule has 1 saturated heterocycles. The fourth-order valence-corrected chi connectivity index (χ4v) is 2.98. The molecule has 0 spiro atoms. The molecule has 0 aromatic carbocycles. The van der Waals surface area contributed by atoms with Crippen LogP contribution >= 0.6 is 11.5 Å². The van der Waals surface area contributed by atoms with E-state index in [0.717, 1.165) is 42.1 Å². The van der Waals surface area contributed by atoms with E-state index < -0.39 is 0 Å². The summed E-state index contributed by atoms with van der Waals surface area (Å²) in [5.74, 6) is 0.561. The van der Waals surface area contributed by atoms with Crippen LogP contribution in [-0.2, 0) is 4.74 Å². The number of nitrogens with one attached hydrogen (secondary N) is 1. The van der Waals surface area contributed by atoms with E-state index in [1.54, 1.807) is 12.4 Å². The van der Waals surface area contributed by atoms with E-state index in [1.165, 1.54) is 11.5 Å². The standard InChI is InChI=1S/C13H16N4OS/c14-12-11(9-3-5-15-6-4-9)13(19-17-12)16-8-10-2-1-7-18-10/h3-6,10,16H,1-2,7-8H2,(H2,14,17). The molecule has 3 heterocycles. The lowest BCUT2D eigenvalue weighted by atomic mass is 10.1.